The molecule has 1 aliphatic heterocycles. The van der Waals surface area contributed by atoms with Crippen LogP contribution in [0.1, 0.15) is 26.2 Å². The Morgan fingerprint density at radius 3 is 2.73 bits per heavy atom. The molecular weight excluding hydrogens is 160 g/mol. The number of fused-ring (bicyclic) bond motifs is 1. The third-order valence-corrected chi connectivity index (χ3v) is 3.11. The molecule has 11 heavy (non-hydrogen) atoms. The highest BCUT2D eigenvalue weighted by Gasteiger charge is 2.35. The monoisotopic (exact) mass is 174 g/mol. The van der Waals surface area contributed by atoms with E-state index in [2.05, 4.69) is 17.6 Å². The van der Waals surface area contributed by atoms with Crippen molar-refractivity contribution in [2.75, 3.05) is 0 Å². The number of nitrogens with one attached hydrogen (secondary N) is 2. The van der Waals surface area contributed by atoms with Gasteiger partial charge in [0.2, 0.25) is 0 Å². The van der Waals surface area contributed by atoms with Gasteiger partial charge in [-0.25, -0.2) is 0 Å². The Bertz CT molecular complexity index is 151. The Kier molecular flexibility index (Phi) is 2.08. The summed E-state index contributed by atoms with van der Waals surface area (Å²) in [7, 11) is 0. The molecule has 2 rings (SSSR count). The third kappa shape index (κ3) is 1.53. The molecule has 2 N–H and O–H groups in total. The van der Waals surface area contributed by atoms with E-state index in [1.54, 1.807) is 0 Å². The van der Waals surface area contributed by atoms with Gasteiger partial charge in [0.25, 0.3) is 0 Å². The van der Waals surface area contributed by atoms with E-state index in [0.717, 1.165) is 6.42 Å². The van der Waals surface area contributed by atoms with Gasteiger partial charge < -0.3 is 0 Å². The van der Waals surface area contributed by atoms with Crippen molar-refractivity contribution in [3.63, 3.8) is 0 Å². The molecule has 0 spiro atoms. The van der Waals surface area contributed by atoms with Crippen LogP contribution in [0, 0.1) is 0 Å². The molecule has 1 aliphatic carbocycles. The number of rotatable bonds is 0. The summed E-state index contributed by atoms with van der Waals surface area (Å²) in [6.45, 7) is 2.17. The zero-order chi connectivity index (χ0) is 7.84. The van der Waals surface area contributed by atoms with Gasteiger partial charge in [-0.3, -0.25) is 10.6 Å². The topological polar surface area (TPSA) is 24.1 Å². The van der Waals surface area contributed by atoms with Gasteiger partial charge in [0.15, 0.2) is 0 Å². The van der Waals surface area contributed by atoms with E-state index in [0.29, 0.717) is 23.6 Å². The van der Waals surface area contributed by atoms with Gasteiger partial charge in [0.05, 0.1) is 6.17 Å². The van der Waals surface area contributed by atoms with Gasteiger partial charge in [-0.1, -0.05) is 0 Å². The molecule has 0 amide bonds. The van der Waals surface area contributed by atoms with Crippen molar-refractivity contribution in [3.05, 3.63) is 0 Å². The lowest BCUT2D eigenvalue weighted by Gasteiger charge is -2.27. The summed E-state index contributed by atoms with van der Waals surface area (Å²) in [6, 6.07) is 1.31. The van der Waals surface area contributed by atoms with Crippen LogP contribution in [0.2, 0.25) is 0 Å². The van der Waals surface area contributed by atoms with E-state index in [1.165, 1.54) is 12.8 Å². The van der Waals surface area contributed by atoms with Gasteiger partial charge in [-0.05, 0) is 26.2 Å². The van der Waals surface area contributed by atoms with Crippen molar-refractivity contribution in [1.82, 2.24) is 10.6 Å². The van der Waals surface area contributed by atoms with Crippen molar-refractivity contribution in [2.45, 2.75) is 49.8 Å². The van der Waals surface area contributed by atoms with Crippen LogP contribution in [0.5, 0.6) is 0 Å². The number of hydrogen-bond acceptors (Lipinski definition) is 2. The summed E-state index contributed by atoms with van der Waals surface area (Å²) >= 11 is 6.06. The molecule has 0 bridgehead atoms. The molecule has 1 saturated carbocycles. The first kappa shape index (κ1) is 7.84. The Morgan fingerprint density at radius 1 is 1.18 bits per heavy atom. The average Bonchev–Trinajstić information content (AvgIpc) is 2.27. The van der Waals surface area contributed by atoms with Gasteiger partial charge in [0, 0.05) is 17.5 Å². The molecule has 4 atom stereocenters. The maximum absolute atomic E-state index is 6.06. The van der Waals surface area contributed by atoms with Crippen molar-refractivity contribution < 1.29 is 0 Å². The summed E-state index contributed by atoms with van der Waals surface area (Å²) in [4.78, 5) is 0. The highest BCUT2D eigenvalue weighted by atomic mass is 35.5. The van der Waals surface area contributed by atoms with Crippen molar-refractivity contribution in [2.24, 2.45) is 0 Å². The Balaban J connectivity index is 1.97. The summed E-state index contributed by atoms with van der Waals surface area (Å²) in [5.41, 5.74) is 0. The second-order valence-electron chi connectivity index (χ2n) is 3.68. The van der Waals surface area contributed by atoms with E-state index in [1.807, 2.05) is 0 Å². The first-order valence-corrected chi connectivity index (χ1v) is 4.85. The summed E-state index contributed by atoms with van der Waals surface area (Å²) < 4.78 is 0. The standard InChI is InChI=1S/C8H15ClN2/c1-5-10-7-3-2-6(9)4-8(7)11-5/h5-8,10-11H,2-4H2,1H3. The van der Waals surface area contributed by atoms with Crippen LogP contribution in [0.3, 0.4) is 0 Å². The molecule has 64 valence electrons. The second-order valence-corrected chi connectivity index (χ2v) is 4.30. The Labute approximate surface area is 72.7 Å². The molecule has 3 heteroatoms. The minimum absolute atomic E-state index is 0.399. The third-order valence-electron chi connectivity index (χ3n) is 2.71. The smallest absolute Gasteiger partial charge is 0.0547 e. The highest BCUT2D eigenvalue weighted by molar-refractivity contribution is 6.20. The van der Waals surface area contributed by atoms with Crippen LogP contribution < -0.4 is 10.6 Å². The second kappa shape index (κ2) is 2.92. The predicted octanol–water partition coefficient (Wildman–Crippen LogP) is 1.05. The van der Waals surface area contributed by atoms with Gasteiger partial charge in [0.1, 0.15) is 0 Å². The fourth-order valence-electron chi connectivity index (χ4n) is 2.19. The molecule has 0 aromatic carbocycles. The van der Waals surface area contributed by atoms with E-state index < -0.39 is 0 Å². The lowest BCUT2D eigenvalue weighted by molar-refractivity contribution is 0.378. The highest BCUT2D eigenvalue weighted by Crippen LogP contribution is 2.26. The van der Waals surface area contributed by atoms with Gasteiger partial charge in [-0.15, -0.1) is 11.6 Å². The number of alkyl halides is 1. The van der Waals surface area contributed by atoms with Crippen LogP contribution >= 0.6 is 11.6 Å². The maximum Gasteiger partial charge on any atom is 0.0547 e. The quantitative estimate of drug-likeness (QED) is 0.537. The molecule has 1 saturated heterocycles. The fraction of sp³-hybridized carbons (Fsp3) is 1.00. The minimum atomic E-state index is 0.399. The molecule has 2 aliphatic rings. The van der Waals surface area contributed by atoms with E-state index in [-0.39, 0.29) is 0 Å². The van der Waals surface area contributed by atoms with Crippen LogP contribution in [-0.4, -0.2) is 23.6 Å². The first-order valence-electron chi connectivity index (χ1n) is 4.42. The van der Waals surface area contributed by atoms with E-state index in [4.69, 9.17) is 11.6 Å². The predicted molar refractivity (Wildman–Crippen MR) is 46.8 cm³/mol. The van der Waals surface area contributed by atoms with Crippen molar-refractivity contribution in [3.8, 4) is 0 Å². The zero-order valence-electron chi connectivity index (χ0n) is 6.81. The molecule has 0 aromatic rings. The molecule has 1 heterocycles. The molecular formula is C8H15ClN2. The van der Waals surface area contributed by atoms with E-state index in [9.17, 15) is 0 Å². The number of hydrogen-bond donors (Lipinski definition) is 2. The first-order chi connectivity index (χ1) is 5.25. The van der Waals surface area contributed by atoms with Crippen molar-refractivity contribution in [1.29, 1.82) is 0 Å². The molecule has 2 nitrogen and oxygen atoms in total. The summed E-state index contributed by atoms with van der Waals surface area (Å²) in [5.74, 6) is 0. The lowest BCUT2D eigenvalue weighted by Crippen LogP contribution is -2.39. The summed E-state index contributed by atoms with van der Waals surface area (Å²) in [6.07, 6.45) is 4.01. The normalized spacial score (nSPS) is 50.7. The average molecular weight is 175 g/mol. The molecule has 4 unspecified atom stereocenters. The minimum Gasteiger partial charge on any atom is -0.298 e. The number of halogens is 1. The zero-order valence-corrected chi connectivity index (χ0v) is 7.56. The Hall–Kier alpha value is 0.210. The molecule has 0 aromatic heterocycles. The maximum atomic E-state index is 6.06. The van der Waals surface area contributed by atoms with Crippen LogP contribution in [0.15, 0.2) is 0 Å². The van der Waals surface area contributed by atoms with Gasteiger partial charge >= 0.3 is 0 Å². The lowest BCUT2D eigenvalue weighted by atomic mass is 9.91. The molecule has 0 radical (unpaired) electrons. The van der Waals surface area contributed by atoms with E-state index >= 15 is 0 Å². The SMILES string of the molecule is CC1NC2CCC(Cl)CC2N1. The Morgan fingerprint density at radius 2 is 1.91 bits per heavy atom. The fourth-order valence-corrected chi connectivity index (χ4v) is 2.51. The summed E-state index contributed by atoms with van der Waals surface area (Å²) in [5, 5.41) is 7.40. The largest absolute Gasteiger partial charge is 0.298 e. The van der Waals surface area contributed by atoms with Crippen LogP contribution in [-0.2, 0) is 0 Å². The van der Waals surface area contributed by atoms with Gasteiger partial charge in [-0.2, -0.15) is 0 Å². The van der Waals surface area contributed by atoms with Crippen LogP contribution in [0.4, 0.5) is 0 Å². The van der Waals surface area contributed by atoms with Crippen LogP contribution in [0.25, 0.3) is 0 Å². The molecule has 2 fully saturated rings. The van der Waals surface area contributed by atoms with Crippen molar-refractivity contribution >= 4 is 11.6 Å².